The molecule has 2 aromatic heterocycles. The molecule has 1 saturated heterocycles. The molecule has 7 heteroatoms. The summed E-state index contributed by atoms with van der Waals surface area (Å²) in [6, 6.07) is 3.70. The summed E-state index contributed by atoms with van der Waals surface area (Å²) < 4.78 is 1.67. The van der Waals surface area contributed by atoms with Gasteiger partial charge >= 0.3 is 0 Å². The van der Waals surface area contributed by atoms with Crippen LogP contribution >= 0.6 is 0 Å². The number of aryl methyl sites for hydroxylation is 1. The van der Waals surface area contributed by atoms with Crippen LogP contribution in [0.3, 0.4) is 0 Å². The molecule has 0 aliphatic carbocycles. The molecule has 2 atom stereocenters. The summed E-state index contributed by atoms with van der Waals surface area (Å²) >= 11 is 0. The van der Waals surface area contributed by atoms with Crippen LogP contribution in [0.5, 0.6) is 0 Å². The normalized spacial score (nSPS) is 22.0. The average Bonchev–Trinajstić information content (AvgIpc) is 2.97. The van der Waals surface area contributed by atoms with Crippen LogP contribution in [0.15, 0.2) is 37.1 Å². The highest BCUT2D eigenvalue weighted by Gasteiger charge is 2.29. The van der Waals surface area contributed by atoms with E-state index in [9.17, 15) is 9.90 Å². The number of likely N-dealkylation sites (tertiary alicyclic amines) is 1. The summed E-state index contributed by atoms with van der Waals surface area (Å²) in [5.41, 5.74) is 1.62. The number of carbonyl (C=O) groups excluding carboxylic acids is 1. The predicted molar refractivity (Wildman–Crippen MR) is 84.6 cm³/mol. The highest BCUT2D eigenvalue weighted by molar-refractivity contribution is 5.92. The zero-order chi connectivity index (χ0) is 16.2. The molecule has 2 N–H and O–H groups in total. The van der Waals surface area contributed by atoms with E-state index in [0.29, 0.717) is 18.7 Å². The first-order valence-electron chi connectivity index (χ1n) is 7.70. The smallest absolute Gasteiger partial charge is 0.269 e. The third-order valence-electron chi connectivity index (χ3n) is 4.16. The maximum atomic E-state index is 12.2. The SMILES string of the molecule is Cn1cncc1C(=O)N[C@@H]1CCN(Cc2cccnc2)C[C@H]1O. The number of hydrogen-bond acceptors (Lipinski definition) is 5. The molecule has 0 aromatic carbocycles. The molecule has 7 nitrogen and oxygen atoms in total. The first-order chi connectivity index (χ1) is 11.1. The van der Waals surface area contributed by atoms with Gasteiger partial charge in [0.15, 0.2) is 0 Å². The molecule has 122 valence electrons. The molecule has 0 spiro atoms. The molecule has 1 fully saturated rings. The molecule has 0 radical (unpaired) electrons. The first-order valence-corrected chi connectivity index (χ1v) is 7.70. The second-order valence-corrected chi connectivity index (χ2v) is 5.92. The number of nitrogens with one attached hydrogen (secondary N) is 1. The number of amides is 1. The van der Waals surface area contributed by atoms with E-state index in [1.165, 1.54) is 6.20 Å². The predicted octanol–water partition coefficient (Wildman–Crippen LogP) is 0.180. The zero-order valence-corrected chi connectivity index (χ0v) is 13.1. The molecule has 1 amide bonds. The van der Waals surface area contributed by atoms with Crippen molar-refractivity contribution >= 4 is 5.91 Å². The van der Waals surface area contributed by atoms with Gasteiger partial charge in [0.05, 0.1) is 24.7 Å². The van der Waals surface area contributed by atoms with Crippen molar-refractivity contribution in [2.75, 3.05) is 13.1 Å². The van der Waals surface area contributed by atoms with Gasteiger partial charge in [-0.1, -0.05) is 6.07 Å². The van der Waals surface area contributed by atoms with Crippen LogP contribution < -0.4 is 5.32 Å². The third kappa shape index (κ3) is 3.75. The highest BCUT2D eigenvalue weighted by atomic mass is 16.3. The lowest BCUT2D eigenvalue weighted by molar-refractivity contribution is 0.0347. The van der Waals surface area contributed by atoms with Gasteiger partial charge in [-0.15, -0.1) is 0 Å². The largest absolute Gasteiger partial charge is 0.390 e. The van der Waals surface area contributed by atoms with Crippen molar-refractivity contribution < 1.29 is 9.90 Å². The fourth-order valence-corrected chi connectivity index (χ4v) is 2.88. The lowest BCUT2D eigenvalue weighted by Gasteiger charge is -2.36. The fourth-order valence-electron chi connectivity index (χ4n) is 2.88. The minimum Gasteiger partial charge on any atom is -0.390 e. The van der Waals surface area contributed by atoms with Crippen molar-refractivity contribution in [3.05, 3.63) is 48.3 Å². The molecule has 0 unspecified atom stereocenters. The Hall–Kier alpha value is -2.25. The van der Waals surface area contributed by atoms with Crippen LogP contribution in [0.25, 0.3) is 0 Å². The molecule has 0 bridgehead atoms. The molecular weight excluding hydrogens is 294 g/mol. The van der Waals surface area contributed by atoms with E-state index in [4.69, 9.17) is 0 Å². The maximum Gasteiger partial charge on any atom is 0.269 e. The summed E-state index contributed by atoms with van der Waals surface area (Å²) in [5.74, 6) is -0.199. The standard InChI is InChI=1S/C16H21N5O2/c1-20-11-18-8-14(20)16(23)19-13-4-6-21(10-15(13)22)9-12-3-2-5-17-7-12/h2-3,5,7-8,11,13,15,22H,4,6,9-10H2,1H3,(H,19,23)/t13-,15-/m1/s1. The van der Waals surface area contributed by atoms with Crippen LogP contribution in [-0.4, -0.2) is 55.7 Å². The van der Waals surface area contributed by atoms with Crippen molar-refractivity contribution in [3.8, 4) is 0 Å². The first kappa shape index (κ1) is 15.6. The van der Waals surface area contributed by atoms with E-state index in [-0.39, 0.29) is 11.9 Å². The Labute approximate surface area is 135 Å². The Kier molecular flexibility index (Phi) is 4.68. The van der Waals surface area contributed by atoms with Crippen LogP contribution in [-0.2, 0) is 13.6 Å². The third-order valence-corrected chi connectivity index (χ3v) is 4.16. The van der Waals surface area contributed by atoms with Gasteiger partial charge < -0.3 is 15.0 Å². The summed E-state index contributed by atoms with van der Waals surface area (Å²) in [4.78, 5) is 22.4. The van der Waals surface area contributed by atoms with Crippen molar-refractivity contribution in [2.45, 2.75) is 25.1 Å². The van der Waals surface area contributed by atoms with Gasteiger partial charge in [-0.05, 0) is 18.1 Å². The van der Waals surface area contributed by atoms with Crippen molar-refractivity contribution in [3.63, 3.8) is 0 Å². The molecule has 3 heterocycles. The second kappa shape index (κ2) is 6.89. The number of piperidine rings is 1. The Balaban J connectivity index is 1.54. The molecule has 0 saturated carbocycles. The van der Waals surface area contributed by atoms with Crippen molar-refractivity contribution in [2.24, 2.45) is 7.05 Å². The number of aliphatic hydroxyl groups excluding tert-OH is 1. The number of hydrogen-bond donors (Lipinski definition) is 2. The van der Waals surface area contributed by atoms with E-state index in [1.807, 2.05) is 18.3 Å². The van der Waals surface area contributed by atoms with Gasteiger partial charge in [0, 0.05) is 39.1 Å². The Bertz CT molecular complexity index is 658. The van der Waals surface area contributed by atoms with Gasteiger partial charge in [-0.2, -0.15) is 0 Å². The highest BCUT2D eigenvalue weighted by Crippen LogP contribution is 2.14. The Morgan fingerprint density at radius 3 is 2.96 bits per heavy atom. The van der Waals surface area contributed by atoms with Crippen molar-refractivity contribution in [1.82, 2.24) is 24.8 Å². The Morgan fingerprint density at radius 2 is 2.30 bits per heavy atom. The van der Waals surface area contributed by atoms with E-state index in [2.05, 4.69) is 20.2 Å². The maximum absolute atomic E-state index is 12.2. The number of imidazole rings is 1. The minimum absolute atomic E-state index is 0.199. The summed E-state index contributed by atoms with van der Waals surface area (Å²) in [6.07, 6.45) is 6.82. The van der Waals surface area contributed by atoms with Gasteiger partial charge in [0.1, 0.15) is 5.69 Å². The molecule has 23 heavy (non-hydrogen) atoms. The van der Waals surface area contributed by atoms with Crippen LogP contribution in [0.4, 0.5) is 0 Å². The molecule has 3 rings (SSSR count). The second-order valence-electron chi connectivity index (χ2n) is 5.92. The molecule has 1 aliphatic rings. The number of β-amino-alcohol motifs (C(OH)–C–C–N with tert-alkyl or cyclic N) is 1. The monoisotopic (exact) mass is 315 g/mol. The number of pyridine rings is 1. The molecule has 1 aliphatic heterocycles. The van der Waals surface area contributed by atoms with Crippen LogP contribution in [0, 0.1) is 0 Å². The number of nitrogens with zero attached hydrogens (tertiary/aromatic N) is 4. The van der Waals surface area contributed by atoms with Gasteiger partial charge in [0.2, 0.25) is 0 Å². The molecule has 2 aromatic rings. The lowest BCUT2D eigenvalue weighted by atomic mass is 10.0. The minimum atomic E-state index is -0.586. The number of carbonyl (C=O) groups is 1. The topological polar surface area (TPSA) is 83.3 Å². The summed E-state index contributed by atoms with van der Waals surface area (Å²) in [5, 5.41) is 13.2. The van der Waals surface area contributed by atoms with Crippen LogP contribution in [0.2, 0.25) is 0 Å². The van der Waals surface area contributed by atoms with Crippen LogP contribution in [0.1, 0.15) is 22.5 Å². The lowest BCUT2D eigenvalue weighted by Crippen LogP contribution is -2.53. The van der Waals surface area contributed by atoms with E-state index >= 15 is 0 Å². The van der Waals surface area contributed by atoms with E-state index < -0.39 is 6.10 Å². The van der Waals surface area contributed by atoms with E-state index in [0.717, 1.165) is 18.7 Å². The number of aromatic nitrogens is 3. The van der Waals surface area contributed by atoms with Gasteiger partial charge in [-0.25, -0.2) is 4.98 Å². The fraction of sp³-hybridized carbons (Fsp3) is 0.438. The van der Waals surface area contributed by atoms with E-state index in [1.54, 1.807) is 24.1 Å². The summed E-state index contributed by atoms with van der Waals surface area (Å²) in [7, 11) is 1.77. The number of rotatable bonds is 4. The van der Waals surface area contributed by atoms with Crippen molar-refractivity contribution in [1.29, 1.82) is 0 Å². The number of aliphatic hydroxyl groups is 1. The average molecular weight is 315 g/mol. The Morgan fingerprint density at radius 1 is 1.43 bits per heavy atom. The zero-order valence-electron chi connectivity index (χ0n) is 13.1. The molecular formula is C16H21N5O2. The van der Waals surface area contributed by atoms with Gasteiger partial charge in [0.25, 0.3) is 5.91 Å². The summed E-state index contributed by atoms with van der Waals surface area (Å²) in [6.45, 7) is 2.11. The quantitative estimate of drug-likeness (QED) is 0.841. The van der Waals surface area contributed by atoms with Gasteiger partial charge in [-0.3, -0.25) is 14.7 Å².